The van der Waals surface area contributed by atoms with Gasteiger partial charge in [0.2, 0.25) is 0 Å². The lowest BCUT2D eigenvalue weighted by Crippen LogP contribution is -2.12. The van der Waals surface area contributed by atoms with E-state index >= 15 is 0 Å². The quantitative estimate of drug-likeness (QED) is 0.389. The maximum Gasteiger partial charge on any atom is 0.183 e. The van der Waals surface area contributed by atoms with E-state index < -0.39 is 0 Å². The van der Waals surface area contributed by atoms with E-state index in [0.717, 1.165) is 10.2 Å². The molecule has 0 radical (unpaired) electrons. The number of halogens is 1. The Morgan fingerprint density at radius 1 is 1.53 bits per heavy atom. The van der Waals surface area contributed by atoms with Gasteiger partial charge in [-0.1, -0.05) is 31.7 Å². The summed E-state index contributed by atoms with van der Waals surface area (Å²) in [6.07, 6.45) is 3.75. The van der Waals surface area contributed by atoms with Gasteiger partial charge < -0.3 is 0 Å². The van der Waals surface area contributed by atoms with Crippen molar-refractivity contribution in [3.05, 3.63) is 28.2 Å². The van der Waals surface area contributed by atoms with Gasteiger partial charge in [0.1, 0.15) is 0 Å². The molecule has 0 atom stereocenters. The van der Waals surface area contributed by atoms with Crippen molar-refractivity contribution in [1.29, 1.82) is 5.26 Å². The molecule has 1 rings (SSSR count). The number of amidine groups is 1. The summed E-state index contributed by atoms with van der Waals surface area (Å²) in [4.78, 5) is 4.37. The van der Waals surface area contributed by atoms with Gasteiger partial charge >= 0.3 is 0 Å². The van der Waals surface area contributed by atoms with Crippen LogP contribution in [0, 0.1) is 11.5 Å². The maximum atomic E-state index is 8.56. The molecule has 0 bridgehead atoms. The zero-order chi connectivity index (χ0) is 12.8. The van der Waals surface area contributed by atoms with Crippen LogP contribution in [-0.2, 0) is 0 Å². The molecular weight excluding hydrogens is 298 g/mol. The van der Waals surface area contributed by atoms with Crippen LogP contribution in [0.15, 0.2) is 27.7 Å². The van der Waals surface area contributed by atoms with E-state index in [1.54, 1.807) is 0 Å². The lowest BCUT2D eigenvalue weighted by atomic mass is 10.0. The van der Waals surface area contributed by atoms with Gasteiger partial charge in [0.05, 0.1) is 5.69 Å². The maximum absolute atomic E-state index is 8.56. The molecule has 90 valence electrons. The Kier molecular flexibility index (Phi) is 5.52. The fourth-order valence-electron chi connectivity index (χ4n) is 1.25. The number of nitrogens with zero attached hydrogens (tertiary/aromatic N) is 2. The second-order valence-electron chi connectivity index (χ2n) is 3.72. The lowest BCUT2D eigenvalue weighted by Gasteiger charge is -2.08. The molecule has 17 heavy (non-hydrogen) atoms. The van der Waals surface area contributed by atoms with Crippen molar-refractivity contribution < 1.29 is 0 Å². The molecule has 0 fully saturated rings. The molecule has 5 heteroatoms. The number of thioether (sulfide) groups is 1. The van der Waals surface area contributed by atoms with E-state index in [9.17, 15) is 0 Å². The second kappa shape index (κ2) is 6.67. The van der Waals surface area contributed by atoms with Crippen LogP contribution in [0.4, 0.5) is 5.69 Å². The van der Waals surface area contributed by atoms with Gasteiger partial charge in [0.25, 0.3) is 0 Å². The monoisotopic (exact) mass is 311 g/mol. The highest BCUT2D eigenvalue weighted by Crippen LogP contribution is 2.29. The van der Waals surface area contributed by atoms with Crippen LogP contribution in [-0.4, -0.2) is 11.4 Å². The first-order chi connectivity index (χ1) is 8.08. The molecule has 0 saturated heterocycles. The topological polar surface area (TPSA) is 48.2 Å². The summed E-state index contributed by atoms with van der Waals surface area (Å²) in [5.41, 5.74) is 2.08. The minimum Gasteiger partial charge on any atom is -0.271 e. The molecule has 0 aliphatic carbocycles. The first-order valence-corrected chi connectivity index (χ1v) is 7.17. The van der Waals surface area contributed by atoms with Crippen LogP contribution in [0.3, 0.4) is 0 Å². The predicted octanol–water partition coefficient (Wildman–Crippen LogP) is 3.99. The Balaban J connectivity index is 3.04. The Morgan fingerprint density at radius 2 is 2.24 bits per heavy atom. The van der Waals surface area contributed by atoms with Crippen LogP contribution in [0.2, 0.25) is 0 Å². The molecule has 1 aromatic rings. The fraction of sp³-hybridized carbons (Fsp3) is 0.333. The van der Waals surface area contributed by atoms with Gasteiger partial charge in [-0.3, -0.25) is 5.32 Å². The van der Waals surface area contributed by atoms with Gasteiger partial charge in [0, 0.05) is 4.47 Å². The summed E-state index contributed by atoms with van der Waals surface area (Å²) >= 11 is 4.90. The van der Waals surface area contributed by atoms with Crippen LogP contribution in [0.25, 0.3) is 0 Å². The second-order valence-corrected chi connectivity index (χ2v) is 5.37. The van der Waals surface area contributed by atoms with Crippen molar-refractivity contribution >= 4 is 38.5 Å². The molecule has 0 aromatic heterocycles. The summed E-state index contributed by atoms with van der Waals surface area (Å²) in [5.74, 6) is 0.488. The van der Waals surface area contributed by atoms with Crippen molar-refractivity contribution in [2.75, 3.05) is 6.26 Å². The molecule has 0 aliphatic heterocycles. The third-order valence-corrected chi connectivity index (χ3v) is 3.43. The van der Waals surface area contributed by atoms with Crippen molar-refractivity contribution in [1.82, 2.24) is 5.32 Å². The summed E-state index contributed by atoms with van der Waals surface area (Å²) < 4.78 is 0.940. The molecule has 3 nitrogen and oxygen atoms in total. The van der Waals surface area contributed by atoms with E-state index in [0.29, 0.717) is 11.1 Å². The summed E-state index contributed by atoms with van der Waals surface area (Å²) in [6, 6.07) is 6.07. The number of benzene rings is 1. The molecule has 0 spiro atoms. The Bertz CT molecular complexity index is 463. The van der Waals surface area contributed by atoms with E-state index in [1.807, 2.05) is 18.5 Å². The molecule has 1 N–H and O–H groups in total. The number of hydrogen-bond acceptors (Lipinski definition) is 3. The highest BCUT2D eigenvalue weighted by Gasteiger charge is 2.05. The van der Waals surface area contributed by atoms with Gasteiger partial charge in [-0.25, -0.2) is 4.99 Å². The van der Waals surface area contributed by atoms with Crippen LogP contribution in [0.1, 0.15) is 25.3 Å². The molecule has 1 aromatic carbocycles. The number of aliphatic imine (C=N–C) groups is 1. The normalized spacial score (nSPS) is 11.4. The predicted molar refractivity (Wildman–Crippen MR) is 77.6 cm³/mol. The van der Waals surface area contributed by atoms with E-state index in [1.165, 1.54) is 17.3 Å². The first-order valence-electron chi connectivity index (χ1n) is 5.15. The smallest absolute Gasteiger partial charge is 0.183 e. The molecule has 0 heterocycles. The van der Waals surface area contributed by atoms with Gasteiger partial charge in [0.15, 0.2) is 11.4 Å². The average molecular weight is 312 g/mol. The van der Waals surface area contributed by atoms with Gasteiger partial charge in [-0.15, -0.1) is 0 Å². The molecule has 0 aliphatic rings. The fourth-order valence-corrected chi connectivity index (χ4v) is 2.08. The van der Waals surface area contributed by atoms with E-state index in [-0.39, 0.29) is 0 Å². The Labute approximate surface area is 114 Å². The minimum absolute atomic E-state index is 0.488. The lowest BCUT2D eigenvalue weighted by molar-refractivity contribution is 0.866. The minimum atomic E-state index is 0.488. The standard InChI is InChI=1S/C12H14BrN3S/c1-8(2)9-4-5-11(10(13)6-9)16-12(17-3)15-7-14/h4-6,8H,1-3H3,(H,15,16). The van der Waals surface area contributed by atoms with Gasteiger partial charge in [-0.2, -0.15) is 5.26 Å². The molecule has 0 amide bonds. The van der Waals surface area contributed by atoms with Crippen LogP contribution < -0.4 is 5.32 Å². The number of nitriles is 1. The molecular formula is C12H14BrN3S. The largest absolute Gasteiger partial charge is 0.271 e. The average Bonchev–Trinajstić information content (AvgIpc) is 2.30. The SMILES string of the molecule is CSC(=Nc1ccc(C(C)C)cc1Br)NC#N. The summed E-state index contributed by atoms with van der Waals surface area (Å²) in [5, 5.41) is 11.7. The van der Waals surface area contributed by atoms with Crippen LogP contribution in [0.5, 0.6) is 0 Å². The summed E-state index contributed by atoms with van der Waals surface area (Å²) in [6.45, 7) is 4.30. The van der Waals surface area contributed by atoms with Crippen LogP contribution >= 0.6 is 27.7 Å². The third-order valence-electron chi connectivity index (χ3n) is 2.22. The Morgan fingerprint density at radius 3 is 2.71 bits per heavy atom. The highest BCUT2D eigenvalue weighted by molar-refractivity contribution is 9.10. The van der Waals surface area contributed by atoms with Crippen molar-refractivity contribution in [3.63, 3.8) is 0 Å². The van der Waals surface area contributed by atoms with Crippen molar-refractivity contribution in [2.24, 2.45) is 4.99 Å². The number of rotatable bonds is 2. The first kappa shape index (κ1) is 14.1. The van der Waals surface area contributed by atoms with Crippen molar-refractivity contribution in [3.8, 4) is 6.19 Å². The van der Waals surface area contributed by atoms with E-state index in [4.69, 9.17) is 5.26 Å². The third kappa shape index (κ3) is 4.06. The Hall–Kier alpha value is -0.990. The number of hydrogen-bond donors (Lipinski definition) is 1. The van der Waals surface area contributed by atoms with Gasteiger partial charge in [-0.05, 0) is 45.8 Å². The molecule has 0 saturated carbocycles. The summed E-state index contributed by atoms with van der Waals surface area (Å²) in [7, 11) is 0. The van der Waals surface area contributed by atoms with E-state index in [2.05, 4.69) is 52.2 Å². The van der Waals surface area contributed by atoms with Crippen molar-refractivity contribution in [2.45, 2.75) is 19.8 Å². The highest BCUT2D eigenvalue weighted by atomic mass is 79.9. The zero-order valence-corrected chi connectivity index (χ0v) is 12.4. The zero-order valence-electron chi connectivity index (χ0n) is 9.99. The number of nitrogens with one attached hydrogen (secondary N) is 1. The molecule has 0 unspecified atom stereocenters.